The molecule has 0 spiro atoms. The molecule has 1 fully saturated rings. The van der Waals surface area contributed by atoms with Crippen molar-refractivity contribution in [3.8, 4) is 0 Å². The molecule has 2 unspecified atom stereocenters. The zero-order valence-electron chi connectivity index (χ0n) is 11.2. The van der Waals surface area contributed by atoms with Crippen molar-refractivity contribution in [2.24, 2.45) is 0 Å². The molecule has 0 aromatic heterocycles. The van der Waals surface area contributed by atoms with Crippen molar-refractivity contribution in [3.63, 3.8) is 0 Å². The van der Waals surface area contributed by atoms with Crippen LogP contribution in [0.1, 0.15) is 57.8 Å². The molecule has 0 saturated heterocycles. The van der Waals surface area contributed by atoms with Crippen LogP contribution in [0.25, 0.3) is 0 Å². The highest BCUT2D eigenvalue weighted by atomic mass is 32.2. The van der Waals surface area contributed by atoms with Gasteiger partial charge in [-0.05, 0) is 50.5 Å². The van der Waals surface area contributed by atoms with Crippen LogP contribution in [0.5, 0.6) is 0 Å². The maximum atomic E-state index is 11.9. The first-order valence-corrected chi connectivity index (χ1v) is 9.01. The van der Waals surface area contributed by atoms with Gasteiger partial charge in [-0.15, -0.1) is 0 Å². The minimum atomic E-state index is -3.17. The van der Waals surface area contributed by atoms with Crippen molar-refractivity contribution < 1.29 is 13.5 Å². The van der Waals surface area contributed by atoms with Gasteiger partial charge in [0.15, 0.2) is 9.84 Å². The van der Waals surface area contributed by atoms with Gasteiger partial charge in [0.25, 0.3) is 0 Å². The van der Waals surface area contributed by atoms with Crippen LogP contribution in [0.15, 0.2) is 11.6 Å². The second-order valence-electron chi connectivity index (χ2n) is 5.82. The second kappa shape index (κ2) is 5.33. The van der Waals surface area contributed by atoms with Crippen LogP contribution in [-0.2, 0) is 9.84 Å². The van der Waals surface area contributed by atoms with E-state index in [1.165, 1.54) is 19.1 Å². The molecule has 0 heterocycles. The van der Waals surface area contributed by atoms with Crippen LogP contribution in [0.2, 0.25) is 0 Å². The Hall–Kier alpha value is -0.350. The summed E-state index contributed by atoms with van der Waals surface area (Å²) in [7, 11) is -3.17. The number of aliphatic hydroxyl groups is 1. The van der Waals surface area contributed by atoms with Crippen LogP contribution < -0.4 is 0 Å². The van der Waals surface area contributed by atoms with Crippen molar-refractivity contribution in [2.45, 2.75) is 68.6 Å². The second-order valence-corrected chi connectivity index (χ2v) is 8.04. The maximum Gasteiger partial charge on any atom is 0.153 e. The summed E-state index contributed by atoms with van der Waals surface area (Å²) in [6.45, 7) is 0. The number of hydrogen-bond donors (Lipinski definition) is 1. The van der Waals surface area contributed by atoms with Gasteiger partial charge in [0.2, 0.25) is 0 Å². The molecule has 2 aliphatic carbocycles. The molecule has 2 atom stereocenters. The lowest BCUT2D eigenvalue weighted by molar-refractivity contribution is 0.0843. The molecule has 4 heteroatoms. The van der Waals surface area contributed by atoms with E-state index in [2.05, 4.69) is 6.08 Å². The summed E-state index contributed by atoms with van der Waals surface area (Å²) >= 11 is 0. The van der Waals surface area contributed by atoms with Crippen molar-refractivity contribution in [1.82, 2.24) is 0 Å². The summed E-state index contributed by atoms with van der Waals surface area (Å²) in [4.78, 5) is 0. The number of rotatable bonds is 2. The molecule has 1 saturated carbocycles. The minimum Gasteiger partial charge on any atom is -0.384 e. The average Bonchev–Trinajstić information content (AvgIpc) is 2.59. The lowest BCUT2D eigenvalue weighted by Crippen LogP contribution is -2.44. The molecule has 3 nitrogen and oxygen atoms in total. The van der Waals surface area contributed by atoms with Gasteiger partial charge in [-0.1, -0.05) is 18.9 Å². The molecule has 104 valence electrons. The SMILES string of the molecule is CS(=O)(=O)C1CCCC1(O)C1=CCCCCCC1. The zero-order chi connectivity index (χ0) is 13.2. The maximum absolute atomic E-state index is 11.9. The Bertz CT molecular complexity index is 424. The molecule has 18 heavy (non-hydrogen) atoms. The average molecular weight is 272 g/mol. The molecule has 0 aliphatic heterocycles. The molecule has 0 aromatic carbocycles. The first kappa shape index (κ1) is 14.1. The van der Waals surface area contributed by atoms with E-state index in [1.807, 2.05) is 0 Å². The van der Waals surface area contributed by atoms with Crippen molar-refractivity contribution >= 4 is 9.84 Å². The zero-order valence-corrected chi connectivity index (χ0v) is 12.0. The van der Waals surface area contributed by atoms with E-state index >= 15 is 0 Å². The monoisotopic (exact) mass is 272 g/mol. The van der Waals surface area contributed by atoms with Crippen molar-refractivity contribution in [1.29, 1.82) is 0 Å². The largest absolute Gasteiger partial charge is 0.384 e. The van der Waals surface area contributed by atoms with Gasteiger partial charge in [-0.3, -0.25) is 0 Å². The Morgan fingerprint density at radius 1 is 1.22 bits per heavy atom. The molecular formula is C14H24O3S. The minimum absolute atomic E-state index is 0.587. The third-order valence-electron chi connectivity index (χ3n) is 4.42. The van der Waals surface area contributed by atoms with E-state index in [9.17, 15) is 13.5 Å². The van der Waals surface area contributed by atoms with Gasteiger partial charge in [-0.25, -0.2) is 8.42 Å². The normalized spacial score (nSPS) is 34.8. The van der Waals surface area contributed by atoms with Crippen LogP contribution in [0, 0.1) is 0 Å². The topological polar surface area (TPSA) is 54.4 Å². The molecule has 1 N–H and O–H groups in total. The fourth-order valence-electron chi connectivity index (χ4n) is 3.48. The number of hydrogen-bond acceptors (Lipinski definition) is 3. The quantitative estimate of drug-likeness (QED) is 0.786. The van der Waals surface area contributed by atoms with Gasteiger partial charge in [0.05, 0.1) is 5.25 Å². The highest BCUT2D eigenvalue weighted by Gasteiger charge is 2.48. The summed E-state index contributed by atoms with van der Waals surface area (Å²) in [5.41, 5.74) is -0.0830. The van der Waals surface area contributed by atoms with Gasteiger partial charge >= 0.3 is 0 Å². The Morgan fingerprint density at radius 3 is 2.67 bits per heavy atom. The van der Waals surface area contributed by atoms with Gasteiger partial charge in [-0.2, -0.15) is 0 Å². The van der Waals surface area contributed by atoms with E-state index < -0.39 is 20.7 Å². The number of sulfone groups is 1. The summed E-state index contributed by atoms with van der Waals surface area (Å²) < 4.78 is 23.7. The van der Waals surface area contributed by atoms with Gasteiger partial charge < -0.3 is 5.11 Å². The summed E-state index contributed by atoms with van der Waals surface area (Å²) in [6.07, 6.45) is 11.9. The standard InChI is InChI=1S/C14H24O3S/c1-18(16,17)13-10-7-11-14(13,15)12-8-5-3-2-4-6-9-12/h8,13,15H,2-7,9-11H2,1H3. The fraction of sp³-hybridized carbons (Fsp3) is 0.857. The van der Waals surface area contributed by atoms with Crippen LogP contribution in [0.4, 0.5) is 0 Å². The molecule has 2 aliphatic rings. The van der Waals surface area contributed by atoms with Crippen LogP contribution in [-0.4, -0.2) is 30.6 Å². The van der Waals surface area contributed by atoms with Crippen molar-refractivity contribution in [3.05, 3.63) is 11.6 Å². The van der Waals surface area contributed by atoms with E-state index in [0.717, 1.165) is 37.7 Å². The van der Waals surface area contributed by atoms with E-state index in [1.54, 1.807) is 0 Å². The molecule has 0 aromatic rings. The molecule has 0 radical (unpaired) electrons. The summed E-state index contributed by atoms with van der Waals surface area (Å²) in [6, 6.07) is 0. The van der Waals surface area contributed by atoms with Gasteiger partial charge in [0, 0.05) is 6.26 Å². The van der Waals surface area contributed by atoms with Crippen LogP contribution >= 0.6 is 0 Å². The Labute approximate surface area is 110 Å². The molecule has 2 rings (SSSR count). The molecule has 0 bridgehead atoms. The molecular weight excluding hydrogens is 248 g/mol. The third-order valence-corrected chi connectivity index (χ3v) is 6.08. The Morgan fingerprint density at radius 2 is 1.94 bits per heavy atom. The first-order chi connectivity index (χ1) is 8.44. The first-order valence-electron chi connectivity index (χ1n) is 7.05. The van der Waals surface area contributed by atoms with E-state index in [0.29, 0.717) is 12.8 Å². The van der Waals surface area contributed by atoms with E-state index in [4.69, 9.17) is 0 Å². The number of allylic oxidation sites excluding steroid dienone is 1. The highest BCUT2D eigenvalue weighted by Crippen LogP contribution is 2.42. The predicted octanol–water partition coefficient (Wildman–Crippen LogP) is 2.60. The van der Waals surface area contributed by atoms with Gasteiger partial charge in [0.1, 0.15) is 5.60 Å². The third kappa shape index (κ3) is 2.80. The lowest BCUT2D eigenvalue weighted by Gasteiger charge is -2.32. The smallest absolute Gasteiger partial charge is 0.153 e. The fourth-order valence-corrected chi connectivity index (χ4v) is 5.05. The Balaban J connectivity index is 2.28. The molecule has 0 amide bonds. The predicted molar refractivity (Wildman–Crippen MR) is 73.2 cm³/mol. The summed E-state index contributed by atoms with van der Waals surface area (Å²) in [5.74, 6) is 0. The Kier molecular flexibility index (Phi) is 4.17. The van der Waals surface area contributed by atoms with E-state index in [-0.39, 0.29) is 0 Å². The van der Waals surface area contributed by atoms with Crippen LogP contribution in [0.3, 0.4) is 0 Å². The van der Waals surface area contributed by atoms with Crippen molar-refractivity contribution in [2.75, 3.05) is 6.26 Å². The highest BCUT2D eigenvalue weighted by molar-refractivity contribution is 7.91. The lowest BCUT2D eigenvalue weighted by atomic mass is 9.85. The summed E-state index contributed by atoms with van der Waals surface area (Å²) in [5, 5.41) is 10.3.